The zero-order valence-electron chi connectivity index (χ0n) is 25.3. The number of carbonyl (C=O) groups excluding carboxylic acids is 1. The van der Waals surface area contributed by atoms with Gasteiger partial charge in [0.2, 0.25) is 0 Å². The fraction of sp³-hybridized carbons (Fsp3) is 0.333. The molecule has 3 heterocycles. The maximum atomic E-state index is 14.2. The molecule has 11 nitrogen and oxygen atoms in total. The van der Waals surface area contributed by atoms with Crippen LogP contribution in [-0.2, 0) is 4.74 Å². The predicted octanol–water partition coefficient (Wildman–Crippen LogP) is 6.90. The minimum atomic E-state index is -0.987. The Kier molecular flexibility index (Phi) is 8.62. The van der Waals surface area contributed by atoms with Crippen LogP contribution in [0.15, 0.2) is 66.9 Å². The van der Waals surface area contributed by atoms with E-state index < -0.39 is 17.8 Å². The zero-order valence-corrected chi connectivity index (χ0v) is 25.3. The zero-order chi connectivity index (χ0) is 31.4. The molecule has 5 rings (SSSR count). The van der Waals surface area contributed by atoms with Crippen molar-refractivity contribution in [3.8, 4) is 22.9 Å². The molecule has 2 aromatic heterocycles. The van der Waals surface area contributed by atoms with E-state index in [9.17, 15) is 20.0 Å². The molecule has 0 radical (unpaired) electrons. The Morgan fingerprint density at radius 3 is 2.50 bits per heavy atom. The molecule has 1 saturated heterocycles. The lowest BCUT2D eigenvalue weighted by Crippen LogP contribution is -2.44. The van der Waals surface area contributed by atoms with Crippen molar-refractivity contribution in [1.29, 1.82) is 5.26 Å². The standard InChI is InChI=1S/C33H36N6O5/c1-5-43-25-15-13-24(14-16-25)38(32(42)44-33(2,3)4)30-28(22-10-7-6-8-11-22)29(26(20-34)27-17-18-35-39(27)30)36-23-12-9-19-37(21-23)31(40)41/h6-8,10-11,13-18,23,36H,5,9,12,19,21H2,1-4H3,(H,40,41)/t23-/m0/s1. The molecule has 0 bridgehead atoms. The summed E-state index contributed by atoms with van der Waals surface area (Å²) in [4.78, 5) is 28.8. The highest BCUT2D eigenvalue weighted by Gasteiger charge is 2.34. The molecule has 2 aromatic carbocycles. The van der Waals surface area contributed by atoms with Crippen molar-refractivity contribution in [2.75, 3.05) is 29.9 Å². The highest BCUT2D eigenvalue weighted by atomic mass is 16.6. The number of nitriles is 1. The van der Waals surface area contributed by atoms with Gasteiger partial charge in [0.1, 0.15) is 23.0 Å². The minimum absolute atomic E-state index is 0.253. The lowest BCUT2D eigenvalue weighted by molar-refractivity contribution is 0.0597. The maximum Gasteiger partial charge on any atom is 0.420 e. The van der Waals surface area contributed by atoms with Gasteiger partial charge in [-0.3, -0.25) is 0 Å². The predicted molar refractivity (Wildman–Crippen MR) is 168 cm³/mol. The van der Waals surface area contributed by atoms with Crippen LogP contribution in [0.2, 0.25) is 0 Å². The minimum Gasteiger partial charge on any atom is -0.494 e. The summed E-state index contributed by atoms with van der Waals surface area (Å²) < 4.78 is 13.2. The number of pyridine rings is 1. The van der Waals surface area contributed by atoms with E-state index in [1.54, 1.807) is 61.8 Å². The van der Waals surface area contributed by atoms with Crippen LogP contribution >= 0.6 is 0 Å². The summed E-state index contributed by atoms with van der Waals surface area (Å²) in [5.41, 5.74) is 2.26. The van der Waals surface area contributed by atoms with Gasteiger partial charge in [-0.2, -0.15) is 10.4 Å². The Morgan fingerprint density at radius 2 is 1.86 bits per heavy atom. The van der Waals surface area contributed by atoms with Crippen molar-refractivity contribution < 1.29 is 24.2 Å². The quantitative estimate of drug-likeness (QED) is 0.235. The van der Waals surface area contributed by atoms with Crippen molar-refractivity contribution in [2.24, 2.45) is 0 Å². The van der Waals surface area contributed by atoms with Crippen molar-refractivity contribution >= 4 is 34.9 Å². The fourth-order valence-electron chi connectivity index (χ4n) is 5.43. The third-order valence-corrected chi connectivity index (χ3v) is 7.23. The number of carbonyl (C=O) groups is 2. The average Bonchev–Trinajstić information content (AvgIpc) is 3.48. The van der Waals surface area contributed by atoms with Gasteiger partial charge in [0, 0.05) is 24.7 Å². The van der Waals surface area contributed by atoms with Crippen LogP contribution in [0, 0.1) is 11.3 Å². The van der Waals surface area contributed by atoms with E-state index in [2.05, 4.69) is 16.5 Å². The highest BCUT2D eigenvalue weighted by Crippen LogP contribution is 2.45. The smallest absolute Gasteiger partial charge is 0.420 e. The lowest BCUT2D eigenvalue weighted by Gasteiger charge is -2.34. The molecule has 1 aliphatic heterocycles. The summed E-state index contributed by atoms with van der Waals surface area (Å²) in [6.45, 7) is 8.48. The maximum absolute atomic E-state index is 14.2. The second-order valence-corrected chi connectivity index (χ2v) is 11.5. The Hall–Kier alpha value is -5.24. The molecule has 2 N–H and O–H groups in total. The normalized spacial score (nSPS) is 15.0. The topological polar surface area (TPSA) is 132 Å². The van der Waals surface area contributed by atoms with Crippen LogP contribution in [0.5, 0.6) is 5.75 Å². The van der Waals surface area contributed by atoms with Crippen LogP contribution in [0.25, 0.3) is 16.6 Å². The number of fused-ring (bicyclic) bond motifs is 1. The molecule has 1 atom stereocenters. The Morgan fingerprint density at radius 1 is 1.14 bits per heavy atom. The van der Waals surface area contributed by atoms with Crippen molar-refractivity contribution in [3.05, 3.63) is 72.4 Å². The van der Waals surface area contributed by atoms with Crippen LogP contribution in [-0.4, -0.2) is 63.1 Å². The largest absolute Gasteiger partial charge is 0.494 e. The molecule has 4 aromatic rings. The van der Waals surface area contributed by atoms with Crippen molar-refractivity contribution in [1.82, 2.24) is 14.5 Å². The SMILES string of the molecule is CCOc1ccc(N(C(=O)OC(C)(C)C)c2c(-c3ccccc3)c(N[C@H]3CCCN(C(=O)O)C3)c(C#N)c3ccnn23)cc1. The third-order valence-electron chi connectivity index (χ3n) is 7.23. The van der Waals surface area contributed by atoms with E-state index in [-0.39, 0.29) is 12.6 Å². The van der Waals surface area contributed by atoms with Crippen LogP contribution < -0.4 is 15.0 Å². The first kappa shape index (κ1) is 30.2. The fourth-order valence-corrected chi connectivity index (χ4v) is 5.43. The van der Waals surface area contributed by atoms with Crippen LogP contribution in [0.1, 0.15) is 46.1 Å². The van der Waals surface area contributed by atoms with Crippen molar-refractivity contribution in [2.45, 2.75) is 52.2 Å². The molecule has 2 amide bonds. The summed E-state index contributed by atoms with van der Waals surface area (Å²) in [6, 6.07) is 20.4. The second-order valence-electron chi connectivity index (χ2n) is 11.5. The van der Waals surface area contributed by atoms with E-state index in [1.165, 1.54) is 9.80 Å². The average molecular weight is 597 g/mol. The number of nitrogens with one attached hydrogen (secondary N) is 1. The van der Waals surface area contributed by atoms with Gasteiger partial charge in [-0.25, -0.2) is 19.0 Å². The summed E-state index contributed by atoms with van der Waals surface area (Å²) in [5, 5.41) is 28.3. The third kappa shape index (κ3) is 6.24. The number of anilines is 3. The Bertz CT molecular complexity index is 1690. The molecule has 228 valence electrons. The highest BCUT2D eigenvalue weighted by molar-refractivity contribution is 6.05. The van der Waals surface area contributed by atoms with Gasteiger partial charge in [0.15, 0.2) is 5.82 Å². The van der Waals surface area contributed by atoms with Crippen molar-refractivity contribution in [3.63, 3.8) is 0 Å². The summed E-state index contributed by atoms with van der Waals surface area (Å²) >= 11 is 0. The molecule has 0 aliphatic carbocycles. The number of aromatic nitrogens is 2. The first-order valence-corrected chi connectivity index (χ1v) is 14.6. The van der Waals surface area contributed by atoms with Crippen LogP contribution in [0.4, 0.5) is 26.8 Å². The number of hydrogen-bond acceptors (Lipinski definition) is 7. The molecule has 11 heteroatoms. The van der Waals surface area contributed by atoms with Gasteiger partial charge in [0.05, 0.1) is 29.7 Å². The molecule has 0 spiro atoms. The van der Waals surface area contributed by atoms with E-state index >= 15 is 0 Å². The van der Waals surface area contributed by atoms with Gasteiger partial charge in [0.25, 0.3) is 0 Å². The van der Waals surface area contributed by atoms with Crippen LogP contribution in [0.3, 0.4) is 0 Å². The van der Waals surface area contributed by atoms with Gasteiger partial charge in [-0.1, -0.05) is 30.3 Å². The number of amides is 2. The Labute approximate surface area is 256 Å². The lowest BCUT2D eigenvalue weighted by atomic mass is 9.97. The number of ether oxygens (including phenoxy) is 2. The summed E-state index contributed by atoms with van der Waals surface area (Å²) in [5.74, 6) is 1.01. The number of piperidine rings is 1. The monoisotopic (exact) mass is 596 g/mol. The van der Waals surface area contributed by atoms with E-state index in [4.69, 9.17) is 9.47 Å². The molecule has 44 heavy (non-hydrogen) atoms. The van der Waals surface area contributed by atoms with E-state index in [0.29, 0.717) is 65.6 Å². The molecular weight excluding hydrogens is 560 g/mol. The van der Waals surface area contributed by atoms with Gasteiger partial charge in [-0.15, -0.1) is 0 Å². The molecule has 1 aliphatic rings. The van der Waals surface area contributed by atoms with E-state index in [1.807, 2.05) is 37.3 Å². The number of carboxylic acid groups (broad SMARTS) is 1. The number of benzene rings is 2. The van der Waals surface area contributed by atoms with E-state index in [0.717, 1.165) is 5.56 Å². The number of likely N-dealkylation sites (tertiary alicyclic amines) is 1. The number of rotatable bonds is 7. The second kappa shape index (κ2) is 12.6. The summed E-state index contributed by atoms with van der Waals surface area (Å²) in [7, 11) is 0. The molecule has 0 saturated carbocycles. The van der Waals surface area contributed by atoms with Gasteiger partial charge in [-0.05, 0) is 76.4 Å². The molecule has 1 fully saturated rings. The Balaban J connectivity index is 1.81. The number of nitrogens with zero attached hydrogens (tertiary/aromatic N) is 5. The first-order chi connectivity index (χ1) is 21.1. The van der Waals surface area contributed by atoms with Gasteiger partial charge < -0.3 is 24.8 Å². The van der Waals surface area contributed by atoms with Gasteiger partial charge >= 0.3 is 12.2 Å². The number of hydrogen-bond donors (Lipinski definition) is 2. The summed E-state index contributed by atoms with van der Waals surface area (Å²) in [6.07, 6.45) is 1.33. The first-order valence-electron chi connectivity index (χ1n) is 14.6. The molecule has 0 unspecified atom stereocenters. The molecular formula is C33H36N6O5.